The molecule has 0 amide bonds. The molecule has 0 bridgehead atoms. The van der Waals surface area contributed by atoms with Crippen molar-refractivity contribution in [1.82, 2.24) is 15.0 Å². The van der Waals surface area contributed by atoms with Crippen molar-refractivity contribution in [1.29, 1.82) is 0 Å². The van der Waals surface area contributed by atoms with E-state index >= 15 is 0 Å². The zero-order valence-corrected chi connectivity index (χ0v) is 11.5. The third-order valence-electron chi connectivity index (χ3n) is 2.15. The first kappa shape index (κ1) is 11.7. The molecule has 2 aromatic rings. The minimum absolute atomic E-state index is 0.513. The van der Waals surface area contributed by atoms with Crippen molar-refractivity contribution in [3.63, 3.8) is 0 Å². The van der Waals surface area contributed by atoms with Gasteiger partial charge in [0.1, 0.15) is 5.15 Å². The Morgan fingerprint density at radius 2 is 1.94 bits per heavy atom. The van der Waals surface area contributed by atoms with Gasteiger partial charge in [-0.1, -0.05) is 18.5 Å². The molecule has 82 valence electrons. The fourth-order valence-electron chi connectivity index (χ4n) is 1.33. The molecule has 0 aromatic carbocycles. The second kappa shape index (κ2) is 5.05. The maximum atomic E-state index is 6.07. The number of rotatable bonds is 2. The smallest absolute Gasteiger partial charge is 0.161 e. The van der Waals surface area contributed by atoms with Gasteiger partial charge in [0.05, 0.1) is 9.26 Å². The van der Waals surface area contributed by atoms with E-state index < -0.39 is 0 Å². The molecule has 0 aliphatic rings. The lowest BCUT2D eigenvalue weighted by atomic mass is 10.2. The van der Waals surface area contributed by atoms with E-state index in [1.807, 2.05) is 12.1 Å². The minimum atomic E-state index is 0.513. The summed E-state index contributed by atoms with van der Waals surface area (Å²) in [5, 5.41) is 0.513. The van der Waals surface area contributed by atoms with Crippen LogP contribution in [0.1, 0.15) is 12.6 Å². The summed E-state index contributed by atoms with van der Waals surface area (Å²) in [6.45, 7) is 2.05. The molecule has 0 fully saturated rings. The van der Waals surface area contributed by atoms with Gasteiger partial charge in [-0.2, -0.15) is 0 Å². The van der Waals surface area contributed by atoms with E-state index in [9.17, 15) is 0 Å². The van der Waals surface area contributed by atoms with Crippen molar-refractivity contribution in [2.24, 2.45) is 0 Å². The van der Waals surface area contributed by atoms with Crippen molar-refractivity contribution >= 4 is 34.2 Å². The van der Waals surface area contributed by atoms with E-state index in [2.05, 4.69) is 44.5 Å². The lowest BCUT2D eigenvalue weighted by Gasteiger charge is -2.06. The quantitative estimate of drug-likeness (QED) is 0.619. The summed E-state index contributed by atoms with van der Waals surface area (Å²) in [5.74, 6) is 0.657. The number of hydrogen-bond acceptors (Lipinski definition) is 3. The van der Waals surface area contributed by atoms with Gasteiger partial charge < -0.3 is 0 Å². The molecule has 0 saturated heterocycles. The summed E-state index contributed by atoms with van der Waals surface area (Å²) >= 11 is 8.25. The average molecular weight is 346 g/mol. The molecule has 5 heteroatoms. The standard InChI is InChI=1S/C11H9ClIN3/c1-2-8-9(13)10(12)16-11(15-8)7-3-5-14-6-4-7/h3-6H,2H2,1H3. The first-order chi connectivity index (χ1) is 7.72. The maximum Gasteiger partial charge on any atom is 0.161 e. The summed E-state index contributed by atoms with van der Waals surface area (Å²) in [4.78, 5) is 12.7. The third kappa shape index (κ3) is 2.32. The van der Waals surface area contributed by atoms with Crippen molar-refractivity contribution in [3.8, 4) is 11.4 Å². The topological polar surface area (TPSA) is 38.7 Å². The van der Waals surface area contributed by atoms with Crippen LogP contribution in [0.4, 0.5) is 0 Å². The fraction of sp³-hybridized carbons (Fsp3) is 0.182. The Bertz CT molecular complexity index is 502. The average Bonchev–Trinajstić information content (AvgIpc) is 2.33. The van der Waals surface area contributed by atoms with Crippen LogP contribution in [0.5, 0.6) is 0 Å². The third-order valence-corrected chi connectivity index (χ3v) is 3.88. The number of halogens is 2. The van der Waals surface area contributed by atoms with E-state index in [0.717, 1.165) is 21.2 Å². The highest BCUT2D eigenvalue weighted by atomic mass is 127. The molecule has 16 heavy (non-hydrogen) atoms. The minimum Gasteiger partial charge on any atom is -0.265 e. The van der Waals surface area contributed by atoms with Crippen LogP contribution in [0.15, 0.2) is 24.5 Å². The molecule has 0 unspecified atom stereocenters. The SMILES string of the molecule is CCc1nc(-c2ccncc2)nc(Cl)c1I. The lowest BCUT2D eigenvalue weighted by molar-refractivity contribution is 0.988. The van der Waals surface area contributed by atoms with E-state index in [-0.39, 0.29) is 0 Å². The number of nitrogens with zero attached hydrogens (tertiary/aromatic N) is 3. The zero-order chi connectivity index (χ0) is 11.5. The second-order valence-corrected chi connectivity index (χ2v) is 4.62. The summed E-state index contributed by atoms with van der Waals surface area (Å²) in [6, 6.07) is 3.75. The van der Waals surface area contributed by atoms with Gasteiger partial charge in [-0.15, -0.1) is 0 Å². The summed E-state index contributed by atoms with van der Waals surface area (Å²) < 4.78 is 0.930. The largest absolute Gasteiger partial charge is 0.265 e. The molecule has 0 aliphatic carbocycles. The monoisotopic (exact) mass is 345 g/mol. The predicted octanol–water partition coefficient (Wildman–Crippen LogP) is 3.36. The Kier molecular flexibility index (Phi) is 3.70. The van der Waals surface area contributed by atoms with E-state index in [1.54, 1.807) is 12.4 Å². The first-order valence-electron chi connectivity index (χ1n) is 4.84. The molecule has 0 saturated carbocycles. The normalized spacial score (nSPS) is 10.4. The molecule has 2 rings (SSSR count). The zero-order valence-electron chi connectivity index (χ0n) is 8.61. The summed E-state index contributed by atoms with van der Waals surface area (Å²) in [5.41, 5.74) is 1.91. The van der Waals surface area contributed by atoms with Crippen molar-refractivity contribution < 1.29 is 0 Å². The Labute approximate surface area is 112 Å². The van der Waals surface area contributed by atoms with Crippen LogP contribution < -0.4 is 0 Å². The van der Waals surface area contributed by atoms with Crippen LogP contribution in [-0.2, 0) is 6.42 Å². The molecule has 0 spiro atoms. The first-order valence-corrected chi connectivity index (χ1v) is 6.30. The molecule has 2 heterocycles. The van der Waals surface area contributed by atoms with Gasteiger partial charge in [0.2, 0.25) is 0 Å². The highest BCUT2D eigenvalue weighted by Crippen LogP contribution is 2.23. The molecule has 0 atom stereocenters. The number of aromatic nitrogens is 3. The number of pyridine rings is 1. The van der Waals surface area contributed by atoms with Crippen LogP contribution in [0.3, 0.4) is 0 Å². The summed E-state index contributed by atoms with van der Waals surface area (Å²) in [7, 11) is 0. The van der Waals surface area contributed by atoms with Gasteiger partial charge >= 0.3 is 0 Å². The molecule has 0 aliphatic heterocycles. The lowest BCUT2D eigenvalue weighted by Crippen LogP contribution is -1.99. The van der Waals surface area contributed by atoms with Crippen molar-refractivity contribution in [2.75, 3.05) is 0 Å². The van der Waals surface area contributed by atoms with Crippen molar-refractivity contribution in [2.45, 2.75) is 13.3 Å². The highest BCUT2D eigenvalue weighted by molar-refractivity contribution is 14.1. The Hall–Kier alpha value is -0.750. The van der Waals surface area contributed by atoms with Crippen LogP contribution in [0.25, 0.3) is 11.4 Å². The number of aryl methyl sites for hydroxylation is 1. The summed E-state index contributed by atoms with van der Waals surface area (Å²) in [6.07, 6.45) is 4.28. The van der Waals surface area contributed by atoms with E-state index in [4.69, 9.17) is 11.6 Å². The number of hydrogen-bond donors (Lipinski definition) is 0. The molecule has 2 aromatic heterocycles. The van der Waals surface area contributed by atoms with Gasteiger partial charge in [-0.05, 0) is 41.1 Å². The van der Waals surface area contributed by atoms with Gasteiger partial charge in [-0.25, -0.2) is 9.97 Å². The van der Waals surface area contributed by atoms with Crippen LogP contribution >= 0.6 is 34.2 Å². The molecule has 3 nitrogen and oxygen atoms in total. The molecular weight excluding hydrogens is 336 g/mol. The van der Waals surface area contributed by atoms with Gasteiger partial charge in [-0.3, -0.25) is 4.98 Å². The van der Waals surface area contributed by atoms with Gasteiger partial charge in [0.25, 0.3) is 0 Å². The van der Waals surface area contributed by atoms with Crippen LogP contribution in [0, 0.1) is 3.57 Å². The van der Waals surface area contributed by atoms with Crippen LogP contribution in [0.2, 0.25) is 5.15 Å². The van der Waals surface area contributed by atoms with Gasteiger partial charge in [0.15, 0.2) is 5.82 Å². The van der Waals surface area contributed by atoms with Gasteiger partial charge in [0, 0.05) is 18.0 Å². The Morgan fingerprint density at radius 1 is 1.25 bits per heavy atom. The Balaban J connectivity index is 2.55. The molecule has 0 N–H and O–H groups in total. The maximum absolute atomic E-state index is 6.07. The highest BCUT2D eigenvalue weighted by Gasteiger charge is 2.10. The van der Waals surface area contributed by atoms with Crippen molar-refractivity contribution in [3.05, 3.63) is 38.9 Å². The van der Waals surface area contributed by atoms with Crippen LogP contribution in [-0.4, -0.2) is 15.0 Å². The van der Waals surface area contributed by atoms with E-state index in [0.29, 0.717) is 11.0 Å². The molecule has 0 radical (unpaired) electrons. The second-order valence-electron chi connectivity index (χ2n) is 3.19. The Morgan fingerprint density at radius 3 is 2.56 bits per heavy atom. The molecular formula is C11H9ClIN3. The predicted molar refractivity (Wildman–Crippen MR) is 72.4 cm³/mol. The fourth-order valence-corrected chi connectivity index (χ4v) is 2.14. The van der Waals surface area contributed by atoms with E-state index in [1.165, 1.54) is 0 Å².